The van der Waals surface area contributed by atoms with Crippen LogP contribution in [0.3, 0.4) is 0 Å². The normalized spacial score (nSPS) is 14.7. The zero-order valence-electron chi connectivity index (χ0n) is 16.9. The molecule has 3 aromatic rings. The van der Waals surface area contributed by atoms with Crippen molar-refractivity contribution in [2.24, 2.45) is 0 Å². The third-order valence-electron chi connectivity index (χ3n) is 5.34. The molecule has 0 saturated heterocycles. The average molecular weight is 446 g/mol. The van der Waals surface area contributed by atoms with Crippen LogP contribution in [0.1, 0.15) is 44.3 Å². The molecule has 2 aromatic carbocycles. The molecule has 1 aliphatic rings. The topological polar surface area (TPSA) is 111 Å². The van der Waals surface area contributed by atoms with Crippen LogP contribution in [-0.4, -0.2) is 29.4 Å². The van der Waals surface area contributed by atoms with Crippen molar-refractivity contribution < 1.29 is 19.5 Å². The van der Waals surface area contributed by atoms with Gasteiger partial charge in [0.05, 0.1) is 18.5 Å². The molecule has 2 N–H and O–H groups in total. The molecule has 32 heavy (non-hydrogen) atoms. The number of fused-ring (bicyclic) bond motifs is 2. The molecule has 1 aromatic heterocycles. The minimum Gasteiger partial charge on any atom is -0.481 e. The average Bonchev–Trinajstić information content (AvgIpc) is 3.24. The molecule has 0 radical (unpaired) electrons. The molecule has 0 spiro atoms. The van der Waals surface area contributed by atoms with Gasteiger partial charge in [0.1, 0.15) is 12.6 Å². The highest BCUT2D eigenvalue weighted by Gasteiger charge is 2.34. The molecule has 0 aliphatic carbocycles. The van der Waals surface area contributed by atoms with E-state index in [1.165, 1.54) is 16.2 Å². The Balaban J connectivity index is 1.65. The Bertz CT molecular complexity index is 1240. The van der Waals surface area contributed by atoms with Crippen LogP contribution in [-0.2, 0) is 16.1 Å². The molecule has 1 atom stereocenters. The SMILES string of the molecule is N#Cc1csc(CNC(=O)CN2C(=O)c3ccccc3C(CC(=O)O)c3ccccc32)c1. The number of carboxylic acids is 1. The molecule has 4 rings (SSSR count). The predicted molar refractivity (Wildman–Crippen MR) is 120 cm³/mol. The summed E-state index contributed by atoms with van der Waals surface area (Å²) in [5.41, 5.74) is 2.78. The fraction of sp³-hybridized carbons (Fsp3) is 0.167. The maximum absolute atomic E-state index is 13.4. The predicted octanol–water partition coefficient (Wildman–Crippen LogP) is 3.50. The number of rotatable bonds is 6. The summed E-state index contributed by atoms with van der Waals surface area (Å²) in [6.45, 7) is 0.0491. The van der Waals surface area contributed by atoms with Gasteiger partial charge < -0.3 is 10.4 Å². The van der Waals surface area contributed by atoms with Crippen molar-refractivity contribution >= 4 is 34.8 Å². The van der Waals surface area contributed by atoms with Crippen molar-refractivity contribution in [3.63, 3.8) is 0 Å². The van der Waals surface area contributed by atoms with E-state index in [1.807, 2.05) is 0 Å². The van der Waals surface area contributed by atoms with Crippen molar-refractivity contribution in [3.05, 3.63) is 87.1 Å². The molecular weight excluding hydrogens is 426 g/mol. The van der Waals surface area contributed by atoms with Gasteiger partial charge in [-0.25, -0.2) is 0 Å². The Morgan fingerprint density at radius 2 is 1.84 bits per heavy atom. The monoisotopic (exact) mass is 445 g/mol. The zero-order chi connectivity index (χ0) is 22.7. The summed E-state index contributed by atoms with van der Waals surface area (Å²) in [5, 5.41) is 23.0. The second kappa shape index (κ2) is 9.04. The first-order valence-electron chi connectivity index (χ1n) is 9.93. The van der Waals surface area contributed by atoms with E-state index in [0.29, 0.717) is 27.9 Å². The van der Waals surface area contributed by atoms with Gasteiger partial charge in [0, 0.05) is 27.4 Å². The van der Waals surface area contributed by atoms with Crippen LogP contribution in [0.2, 0.25) is 0 Å². The first-order valence-corrected chi connectivity index (χ1v) is 10.8. The maximum Gasteiger partial charge on any atom is 0.304 e. The van der Waals surface area contributed by atoms with E-state index in [4.69, 9.17) is 5.26 Å². The highest BCUT2D eigenvalue weighted by atomic mass is 32.1. The third kappa shape index (κ3) is 4.24. The number of aliphatic carboxylic acids is 1. The zero-order valence-corrected chi connectivity index (χ0v) is 17.8. The Morgan fingerprint density at radius 1 is 1.12 bits per heavy atom. The number of anilines is 1. The Labute approximate surface area is 188 Å². The number of benzene rings is 2. The Kier molecular flexibility index (Phi) is 6.01. The van der Waals surface area contributed by atoms with Gasteiger partial charge in [0.2, 0.25) is 5.91 Å². The Hall–Kier alpha value is -3.96. The molecule has 160 valence electrons. The van der Waals surface area contributed by atoms with Crippen LogP contribution in [0.25, 0.3) is 0 Å². The van der Waals surface area contributed by atoms with Crippen LogP contribution in [0, 0.1) is 11.3 Å². The molecule has 0 fully saturated rings. The summed E-state index contributed by atoms with van der Waals surface area (Å²) in [6, 6.07) is 17.8. The first-order chi connectivity index (χ1) is 15.5. The third-order valence-corrected chi connectivity index (χ3v) is 6.27. The lowest BCUT2D eigenvalue weighted by Crippen LogP contribution is -2.40. The van der Waals surface area contributed by atoms with Gasteiger partial charge in [-0.15, -0.1) is 11.3 Å². The van der Waals surface area contributed by atoms with Gasteiger partial charge in [0.15, 0.2) is 0 Å². The number of para-hydroxylation sites is 1. The Morgan fingerprint density at radius 3 is 2.56 bits per heavy atom. The molecule has 1 aliphatic heterocycles. The number of carbonyl (C=O) groups is 3. The number of amides is 2. The van der Waals surface area contributed by atoms with E-state index >= 15 is 0 Å². The minimum absolute atomic E-state index is 0.166. The molecule has 8 heteroatoms. The van der Waals surface area contributed by atoms with Crippen LogP contribution < -0.4 is 10.2 Å². The second-order valence-electron chi connectivity index (χ2n) is 7.38. The lowest BCUT2D eigenvalue weighted by atomic mass is 9.86. The van der Waals surface area contributed by atoms with Crippen molar-refractivity contribution in [2.45, 2.75) is 18.9 Å². The number of nitrogens with zero attached hydrogens (tertiary/aromatic N) is 2. The number of hydrogen-bond acceptors (Lipinski definition) is 5. The number of carbonyl (C=O) groups excluding carboxylic acids is 2. The maximum atomic E-state index is 13.4. The number of nitriles is 1. The van der Waals surface area contributed by atoms with Gasteiger partial charge in [-0.05, 0) is 29.3 Å². The number of carboxylic acid groups (broad SMARTS) is 1. The van der Waals surface area contributed by atoms with E-state index in [0.717, 1.165) is 4.88 Å². The quantitative estimate of drug-likeness (QED) is 0.603. The lowest BCUT2D eigenvalue weighted by Gasteiger charge is -2.23. The summed E-state index contributed by atoms with van der Waals surface area (Å²) in [6.07, 6.45) is -0.166. The highest BCUT2D eigenvalue weighted by molar-refractivity contribution is 7.10. The van der Waals surface area contributed by atoms with Crippen LogP contribution in [0.5, 0.6) is 0 Å². The molecule has 7 nitrogen and oxygen atoms in total. The van der Waals surface area contributed by atoms with Crippen molar-refractivity contribution in [1.82, 2.24) is 5.32 Å². The summed E-state index contributed by atoms with van der Waals surface area (Å²) in [4.78, 5) is 40.0. The fourth-order valence-corrected chi connectivity index (χ4v) is 4.66. The van der Waals surface area contributed by atoms with Gasteiger partial charge in [0.25, 0.3) is 5.91 Å². The van der Waals surface area contributed by atoms with E-state index in [2.05, 4.69) is 11.4 Å². The molecule has 0 saturated carbocycles. The summed E-state index contributed by atoms with van der Waals surface area (Å²) in [7, 11) is 0. The van der Waals surface area contributed by atoms with Gasteiger partial charge in [-0.2, -0.15) is 5.26 Å². The van der Waals surface area contributed by atoms with E-state index in [-0.39, 0.29) is 31.3 Å². The van der Waals surface area contributed by atoms with Crippen molar-refractivity contribution in [1.29, 1.82) is 5.26 Å². The van der Waals surface area contributed by atoms with Crippen molar-refractivity contribution in [2.75, 3.05) is 11.4 Å². The molecule has 0 bridgehead atoms. The standard InChI is InChI=1S/C24H19N3O4S/c25-11-15-9-16(32-14-15)12-26-22(28)13-27-21-8-4-3-6-18(21)20(10-23(29)30)17-5-1-2-7-19(17)24(27)31/h1-9,14,20H,10,12-13H2,(H,26,28)(H,29,30). The minimum atomic E-state index is -0.967. The van der Waals surface area contributed by atoms with Crippen LogP contribution in [0.15, 0.2) is 60.0 Å². The molecule has 1 unspecified atom stereocenters. The number of nitrogens with one attached hydrogen (secondary N) is 1. The molecule has 2 heterocycles. The largest absolute Gasteiger partial charge is 0.481 e. The van der Waals surface area contributed by atoms with E-state index < -0.39 is 11.9 Å². The van der Waals surface area contributed by atoms with Crippen molar-refractivity contribution in [3.8, 4) is 6.07 Å². The smallest absolute Gasteiger partial charge is 0.304 e. The fourth-order valence-electron chi connectivity index (χ4n) is 3.91. The van der Waals surface area contributed by atoms with Crippen LogP contribution in [0.4, 0.5) is 5.69 Å². The van der Waals surface area contributed by atoms with Gasteiger partial charge in [-0.3, -0.25) is 19.3 Å². The molecular formula is C24H19N3O4S. The number of hydrogen-bond donors (Lipinski definition) is 2. The van der Waals surface area contributed by atoms with E-state index in [1.54, 1.807) is 60.0 Å². The first kappa shape index (κ1) is 21.3. The van der Waals surface area contributed by atoms with Gasteiger partial charge in [-0.1, -0.05) is 36.4 Å². The summed E-state index contributed by atoms with van der Waals surface area (Å²) < 4.78 is 0. The van der Waals surface area contributed by atoms with Crippen LogP contribution >= 0.6 is 11.3 Å². The number of thiophene rings is 1. The van der Waals surface area contributed by atoms with Gasteiger partial charge >= 0.3 is 5.97 Å². The van der Waals surface area contributed by atoms with E-state index in [9.17, 15) is 19.5 Å². The lowest BCUT2D eigenvalue weighted by molar-refractivity contribution is -0.137. The molecule has 2 amide bonds. The highest BCUT2D eigenvalue weighted by Crippen LogP contribution is 2.40. The summed E-state index contributed by atoms with van der Waals surface area (Å²) >= 11 is 1.38. The second-order valence-corrected chi connectivity index (χ2v) is 8.37. The summed E-state index contributed by atoms with van der Waals surface area (Å²) in [5.74, 6) is -2.17.